The van der Waals surface area contributed by atoms with Crippen molar-refractivity contribution in [2.24, 2.45) is 0 Å². The third kappa shape index (κ3) is 4.98. The predicted octanol–water partition coefficient (Wildman–Crippen LogP) is 2.92. The summed E-state index contributed by atoms with van der Waals surface area (Å²) in [4.78, 5) is 11.2. The largest absolute Gasteiger partial charge is 0.573 e. The van der Waals surface area contributed by atoms with Crippen LogP contribution in [0.25, 0.3) is 0 Å². The van der Waals surface area contributed by atoms with E-state index in [1.54, 1.807) is 0 Å². The first-order valence-corrected chi connectivity index (χ1v) is 9.48. The molecule has 0 saturated heterocycles. The molecule has 4 N–H and O–H groups in total. The molecular formula is C15H12BrF3N2O6S. The molecule has 1 amide bonds. The molecule has 0 spiro atoms. The molecule has 0 atom stereocenters. The molecule has 0 unspecified atom stereocenters. The number of anilines is 1. The van der Waals surface area contributed by atoms with Crippen LogP contribution in [0.4, 0.5) is 18.9 Å². The van der Waals surface area contributed by atoms with Gasteiger partial charge in [-0.3, -0.25) is 9.52 Å². The molecule has 152 valence electrons. The number of rotatable bonds is 5. The Morgan fingerprint density at radius 3 is 2.39 bits per heavy atom. The number of phenols is 2. The number of nitrogens with one attached hydrogen (secondary N) is 2. The molecule has 28 heavy (non-hydrogen) atoms. The average molecular weight is 485 g/mol. The van der Waals surface area contributed by atoms with Crippen molar-refractivity contribution in [1.82, 2.24) is 5.32 Å². The fourth-order valence-corrected chi connectivity index (χ4v) is 3.78. The lowest BCUT2D eigenvalue weighted by Gasteiger charge is -2.16. The molecule has 0 heterocycles. The van der Waals surface area contributed by atoms with Gasteiger partial charge in [0.15, 0.2) is 5.75 Å². The molecule has 0 aromatic heterocycles. The van der Waals surface area contributed by atoms with E-state index in [4.69, 9.17) is 0 Å². The first-order valence-electron chi connectivity index (χ1n) is 7.20. The number of carbonyl (C=O) groups is 1. The van der Waals surface area contributed by atoms with Crippen molar-refractivity contribution < 1.29 is 41.3 Å². The predicted molar refractivity (Wildman–Crippen MR) is 94.8 cm³/mol. The van der Waals surface area contributed by atoms with E-state index in [-0.39, 0.29) is 4.47 Å². The summed E-state index contributed by atoms with van der Waals surface area (Å²) in [5.41, 5.74) is -1.43. The van der Waals surface area contributed by atoms with Crippen molar-refractivity contribution in [1.29, 1.82) is 0 Å². The number of benzene rings is 2. The Balaban J connectivity index is 2.58. The first kappa shape index (κ1) is 21.6. The van der Waals surface area contributed by atoms with Gasteiger partial charge in [0, 0.05) is 17.6 Å². The van der Waals surface area contributed by atoms with Crippen LogP contribution < -0.4 is 14.8 Å². The standard InChI is InChI=1S/C15H12BrF3N2O6S/c1-20-14(24)9-5-8(27-15(17,18)19)6-10(13(9)23)21-28(25,26)12-4-7(16)2-3-11(12)22/h2-6,21-23H,1H3,(H,20,24). The Bertz CT molecular complexity index is 1030. The van der Waals surface area contributed by atoms with Crippen LogP contribution in [0.15, 0.2) is 39.7 Å². The average Bonchev–Trinajstić information content (AvgIpc) is 2.57. The Morgan fingerprint density at radius 2 is 1.82 bits per heavy atom. The Labute approximate surface area is 165 Å². The molecule has 0 bridgehead atoms. The lowest BCUT2D eigenvalue weighted by Crippen LogP contribution is -2.21. The maximum atomic E-state index is 12.5. The highest BCUT2D eigenvalue weighted by molar-refractivity contribution is 9.10. The van der Waals surface area contributed by atoms with Gasteiger partial charge in [-0.05, 0) is 24.3 Å². The number of hydrogen-bond acceptors (Lipinski definition) is 6. The summed E-state index contributed by atoms with van der Waals surface area (Å²) in [5, 5.41) is 22.0. The Hall–Kier alpha value is -2.67. The molecular weight excluding hydrogens is 473 g/mol. The van der Waals surface area contributed by atoms with E-state index in [9.17, 15) is 36.6 Å². The first-order chi connectivity index (χ1) is 12.8. The fraction of sp³-hybridized carbons (Fsp3) is 0.133. The molecule has 2 aromatic carbocycles. The number of carbonyl (C=O) groups excluding carboxylic acids is 1. The minimum absolute atomic E-state index is 0.287. The van der Waals surface area contributed by atoms with E-state index in [0.717, 1.165) is 19.2 Å². The quantitative estimate of drug-likeness (QED) is 0.483. The zero-order chi connectivity index (χ0) is 21.3. The summed E-state index contributed by atoms with van der Waals surface area (Å²) in [5.74, 6) is -3.52. The van der Waals surface area contributed by atoms with E-state index in [1.807, 2.05) is 4.72 Å². The molecule has 0 aliphatic rings. The zero-order valence-corrected chi connectivity index (χ0v) is 16.2. The van der Waals surface area contributed by atoms with Crippen molar-refractivity contribution in [2.45, 2.75) is 11.3 Å². The third-order valence-corrected chi connectivity index (χ3v) is 5.13. The van der Waals surface area contributed by atoms with Crippen LogP contribution in [0, 0.1) is 0 Å². The topological polar surface area (TPSA) is 125 Å². The van der Waals surface area contributed by atoms with Gasteiger partial charge in [0.25, 0.3) is 15.9 Å². The number of ether oxygens (including phenoxy) is 1. The normalized spacial score (nSPS) is 11.8. The molecule has 8 nitrogen and oxygen atoms in total. The lowest BCUT2D eigenvalue weighted by atomic mass is 10.1. The van der Waals surface area contributed by atoms with Crippen LogP contribution in [-0.4, -0.2) is 37.9 Å². The second kappa shape index (κ2) is 7.75. The molecule has 2 aromatic rings. The van der Waals surface area contributed by atoms with Gasteiger partial charge in [-0.25, -0.2) is 8.42 Å². The minimum Gasteiger partial charge on any atom is -0.507 e. The molecule has 0 fully saturated rings. The van der Waals surface area contributed by atoms with Gasteiger partial charge in [-0.15, -0.1) is 13.2 Å². The summed E-state index contributed by atoms with van der Waals surface area (Å²) in [6.07, 6.45) is -5.13. The molecule has 2 rings (SSSR count). The highest BCUT2D eigenvalue weighted by atomic mass is 79.9. The number of alkyl halides is 3. The lowest BCUT2D eigenvalue weighted by molar-refractivity contribution is -0.274. The van der Waals surface area contributed by atoms with E-state index in [0.29, 0.717) is 12.1 Å². The monoisotopic (exact) mass is 484 g/mol. The van der Waals surface area contributed by atoms with Crippen molar-refractivity contribution in [3.05, 3.63) is 40.4 Å². The van der Waals surface area contributed by atoms with Crippen LogP contribution in [0.5, 0.6) is 17.2 Å². The number of amides is 1. The van der Waals surface area contributed by atoms with E-state index >= 15 is 0 Å². The van der Waals surface area contributed by atoms with Crippen LogP contribution in [0.2, 0.25) is 0 Å². The van der Waals surface area contributed by atoms with Crippen LogP contribution in [0.1, 0.15) is 10.4 Å². The van der Waals surface area contributed by atoms with Crippen molar-refractivity contribution in [3.8, 4) is 17.2 Å². The number of halogens is 4. The van der Waals surface area contributed by atoms with Crippen molar-refractivity contribution >= 4 is 37.5 Å². The molecule has 0 aliphatic carbocycles. The van der Waals surface area contributed by atoms with Gasteiger partial charge in [0.1, 0.15) is 16.4 Å². The molecule has 13 heteroatoms. The summed E-state index contributed by atoms with van der Waals surface area (Å²) < 4.78 is 68.4. The third-order valence-electron chi connectivity index (χ3n) is 3.24. The second-order valence-electron chi connectivity index (χ2n) is 5.21. The smallest absolute Gasteiger partial charge is 0.507 e. The van der Waals surface area contributed by atoms with Gasteiger partial charge in [-0.1, -0.05) is 15.9 Å². The number of aromatic hydroxyl groups is 2. The number of sulfonamides is 1. The number of hydrogen-bond donors (Lipinski definition) is 4. The molecule has 0 saturated carbocycles. The van der Waals surface area contributed by atoms with Crippen molar-refractivity contribution in [3.63, 3.8) is 0 Å². The highest BCUT2D eigenvalue weighted by Crippen LogP contribution is 2.37. The van der Waals surface area contributed by atoms with Gasteiger partial charge < -0.3 is 20.3 Å². The zero-order valence-electron chi connectivity index (χ0n) is 13.8. The van der Waals surface area contributed by atoms with E-state index in [1.165, 1.54) is 6.07 Å². The maximum absolute atomic E-state index is 12.5. The van der Waals surface area contributed by atoms with Crippen LogP contribution in [0.3, 0.4) is 0 Å². The maximum Gasteiger partial charge on any atom is 0.573 e. The second-order valence-corrected chi connectivity index (χ2v) is 7.78. The van der Waals surface area contributed by atoms with Crippen LogP contribution in [-0.2, 0) is 10.0 Å². The van der Waals surface area contributed by atoms with Gasteiger partial charge >= 0.3 is 6.36 Å². The van der Waals surface area contributed by atoms with Crippen LogP contribution >= 0.6 is 15.9 Å². The highest BCUT2D eigenvalue weighted by Gasteiger charge is 2.32. The van der Waals surface area contributed by atoms with Crippen molar-refractivity contribution in [2.75, 3.05) is 11.8 Å². The fourth-order valence-electron chi connectivity index (χ4n) is 2.09. The summed E-state index contributed by atoms with van der Waals surface area (Å²) in [6.45, 7) is 0. The van der Waals surface area contributed by atoms with Gasteiger partial charge in [0.05, 0.1) is 11.3 Å². The summed E-state index contributed by atoms with van der Waals surface area (Å²) in [7, 11) is -3.40. The Kier molecular flexibility index (Phi) is 5.99. The molecule has 0 radical (unpaired) electrons. The summed E-state index contributed by atoms with van der Waals surface area (Å²) >= 11 is 3.02. The summed E-state index contributed by atoms with van der Waals surface area (Å²) in [6, 6.07) is 4.59. The SMILES string of the molecule is CNC(=O)c1cc(OC(F)(F)F)cc(NS(=O)(=O)c2cc(Br)ccc2O)c1O. The molecule has 0 aliphatic heterocycles. The number of phenolic OH excluding ortho intramolecular Hbond substituents is 2. The Morgan fingerprint density at radius 1 is 1.18 bits per heavy atom. The van der Waals surface area contributed by atoms with E-state index in [2.05, 4.69) is 26.0 Å². The van der Waals surface area contributed by atoms with E-state index < -0.39 is 55.7 Å². The van der Waals surface area contributed by atoms with Gasteiger partial charge in [-0.2, -0.15) is 0 Å². The van der Waals surface area contributed by atoms with Gasteiger partial charge in [0.2, 0.25) is 0 Å². The minimum atomic E-state index is -5.13.